The number of carbonyl (C=O) groups excluding carboxylic acids is 1. The lowest BCUT2D eigenvalue weighted by molar-refractivity contribution is 0.0641. The number of aromatic nitrogens is 1. The summed E-state index contributed by atoms with van der Waals surface area (Å²) in [6.45, 7) is 8.69. The second-order valence-electron chi connectivity index (χ2n) is 8.43. The molecular formula is C22H36N4O3. The standard InChI is InChI=1S/C22H36N4O3/c1-3-4-10-19(27)15-25-11-13-26(14-12-25)16-21-23-20(17-29-21)22(28)24(2)18-8-6-5-7-9-18/h3,17-19,27H,1,4-16H2,2H3/t19-/m0/s1. The Morgan fingerprint density at radius 3 is 2.69 bits per heavy atom. The number of allylic oxidation sites excluding steroid dienone is 1. The van der Waals surface area contributed by atoms with Gasteiger partial charge < -0.3 is 14.4 Å². The van der Waals surface area contributed by atoms with E-state index in [4.69, 9.17) is 4.42 Å². The van der Waals surface area contributed by atoms with E-state index in [1.165, 1.54) is 25.5 Å². The summed E-state index contributed by atoms with van der Waals surface area (Å²) in [5.41, 5.74) is 0.414. The molecule has 1 aromatic rings. The summed E-state index contributed by atoms with van der Waals surface area (Å²) in [5, 5.41) is 10.1. The van der Waals surface area contributed by atoms with Gasteiger partial charge in [0.25, 0.3) is 5.91 Å². The average Bonchev–Trinajstić information content (AvgIpc) is 3.21. The molecule has 1 atom stereocenters. The van der Waals surface area contributed by atoms with Gasteiger partial charge in [-0.2, -0.15) is 0 Å². The van der Waals surface area contributed by atoms with Crippen molar-refractivity contribution in [2.75, 3.05) is 39.8 Å². The molecule has 1 N–H and O–H groups in total. The van der Waals surface area contributed by atoms with Gasteiger partial charge in [0.2, 0.25) is 5.89 Å². The lowest BCUT2D eigenvalue weighted by Crippen LogP contribution is -2.48. The topological polar surface area (TPSA) is 73.1 Å². The van der Waals surface area contributed by atoms with Crippen LogP contribution in [0.3, 0.4) is 0 Å². The molecule has 2 heterocycles. The molecule has 7 nitrogen and oxygen atoms in total. The highest BCUT2D eigenvalue weighted by atomic mass is 16.3. The minimum atomic E-state index is -0.291. The second-order valence-corrected chi connectivity index (χ2v) is 8.43. The molecular weight excluding hydrogens is 368 g/mol. The summed E-state index contributed by atoms with van der Waals surface area (Å²) in [6, 6.07) is 0.325. The van der Waals surface area contributed by atoms with Crippen LogP contribution in [0.4, 0.5) is 0 Å². The molecule has 2 fully saturated rings. The first-order valence-corrected chi connectivity index (χ1v) is 11.0. The van der Waals surface area contributed by atoms with E-state index in [2.05, 4.69) is 21.4 Å². The van der Waals surface area contributed by atoms with Gasteiger partial charge in [0.1, 0.15) is 6.26 Å². The van der Waals surface area contributed by atoms with Crippen molar-refractivity contribution < 1.29 is 14.3 Å². The number of aliphatic hydroxyl groups is 1. The number of hydrogen-bond donors (Lipinski definition) is 1. The number of hydrogen-bond acceptors (Lipinski definition) is 6. The van der Waals surface area contributed by atoms with Crippen LogP contribution >= 0.6 is 0 Å². The minimum absolute atomic E-state index is 0.0368. The fourth-order valence-corrected chi connectivity index (χ4v) is 4.32. The van der Waals surface area contributed by atoms with E-state index in [1.54, 1.807) is 0 Å². The highest BCUT2D eigenvalue weighted by molar-refractivity contribution is 5.92. The molecule has 0 unspecified atom stereocenters. The summed E-state index contributed by atoms with van der Waals surface area (Å²) in [5.74, 6) is 0.565. The van der Waals surface area contributed by atoms with Gasteiger partial charge in [-0.1, -0.05) is 25.3 Å². The molecule has 1 aliphatic heterocycles. The maximum Gasteiger partial charge on any atom is 0.275 e. The Bertz CT molecular complexity index is 648. The third-order valence-corrected chi connectivity index (χ3v) is 6.21. The van der Waals surface area contributed by atoms with Crippen LogP contribution in [0.1, 0.15) is 61.3 Å². The predicted molar refractivity (Wildman–Crippen MR) is 113 cm³/mol. The fourth-order valence-electron chi connectivity index (χ4n) is 4.32. The van der Waals surface area contributed by atoms with Crippen LogP contribution in [-0.4, -0.2) is 82.6 Å². The number of nitrogens with zero attached hydrogens (tertiary/aromatic N) is 4. The van der Waals surface area contributed by atoms with Gasteiger partial charge in [-0.25, -0.2) is 4.98 Å². The van der Waals surface area contributed by atoms with E-state index in [0.29, 0.717) is 30.7 Å². The zero-order valence-electron chi connectivity index (χ0n) is 17.8. The maximum absolute atomic E-state index is 12.7. The van der Waals surface area contributed by atoms with E-state index in [9.17, 15) is 9.90 Å². The average molecular weight is 405 g/mol. The second kappa shape index (κ2) is 10.9. The first-order chi connectivity index (χ1) is 14.1. The summed E-state index contributed by atoms with van der Waals surface area (Å²) < 4.78 is 5.60. The number of β-amino-alcohol motifs (C(OH)–C–C–N with tert-alkyl or cyclic N) is 1. The molecule has 0 spiro atoms. The summed E-state index contributed by atoms with van der Waals surface area (Å²) in [6.07, 6.45) is 10.5. The van der Waals surface area contributed by atoms with Crippen molar-refractivity contribution in [1.29, 1.82) is 0 Å². The van der Waals surface area contributed by atoms with Crippen molar-refractivity contribution in [1.82, 2.24) is 19.7 Å². The van der Waals surface area contributed by atoms with Crippen molar-refractivity contribution in [2.24, 2.45) is 0 Å². The van der Waals surface area contributed by atoms with Gasteiger partial charge in [-0.05, 0) is 25.7 Å². The summed E-state index contributed by atoms with van der Waals surface area (Å²) in [7, 11) is 1.88. The molecule has 0 bridgehead atoms. The van der Waals surface area contributed by atoms with Crippen LogP contribution in [0.2, 0.25) is 0 Å². The smallest absolute Gasteiger partial charge is 0.275 e. The first-order valence-electron chi connectivity index (χ1n) is 11.0. The number of aliphatic hydroxyl groups excluding tert-OH is 1. The number of amides is 1. The van der Waals surface area contributed by atoms with Crippen LogP contribution in [0.25, 0.3) is 0 Å². The molecule has 1 saturated heterocycles. The Labute approximate surface area is 174 Å². The number of oxazole rings is 1. The molecule has 162 valence electrons. The van der Waals surface area contributed by atoms with Gasteiger partial charge >= 0.3 is 0 Å². The Morgan fingerprint density at radius 2 is 2.00 bits per heavy atom. The molecule has 0 aromatic carbocycles. The number of carbonyl (C=O) groups is 1. The van der Waals surface area contributed by atoms with Crippen molar-refractivity contribution in [2.45, 2.75) is 63.6 Å². The molecule has 1 amide bonds. The van der Waals surface area contributed by atoms with Crippen LogP contribution in [0.15, 0.2) is 23.3 Å². The molecule has 29 heavy (non-hydrogen) atoms. The zero-order chi connectivity index (χ0) is 20.6. The van der Waals surface area contributed by atoms with Crippen LogP contribution in [0, 0.1) is 0 Å². The lowest BCUT2D eigenvalue weighted by atomic mass is 9.94. The zero-order valence-corrected chi connectivity index (χ0v) is 17.8. The Hall–Kier alpha value is -1.70. The van der Waals surface area contributed by atoms with E-state index in [-0.39, 0.29) is 12.0 Å². The number of piperazine rings is 1. The van der Waals surface area contributed by atoms with Crippen molar-refractivity contribution in [3.63, 3.8) is 0 Å². The Balaban J connectivity index is 1.43. The van der Waals surface area contributed by atoms with Crippen LogP contribution in [0.5, 0.6) is 0 Å². The SMILES string of the molecule is C=CCC[C@H](O)CN1CCN(Cc2nc(C(=O)N(C)C3CCCCC3)co2)CC1. The third-order valence-electron chi connectivity index (χ3n) is 6.21. The van der Waals surface area contributed by atoms with Crippen molar-refractivity contribution in [3.8, 4) is 0 Å². The Morgan fingerprint density at radius 1 is 1.31 bits per heavy atom. The molecule has 7 heteroatoms. The van der Waals surface area contributed by atoms with E-state index < -0.39 is 0 Å². The lowest BCUT2D eigenvalue weighted by Gasteiger charge is -2.35. The van der Waals surface area contributed by atoms with E-state index in [1.807, 2.05) is 18.0 Å². The quantitative estimate of drug-likeness (QED) is 0.638. The van der Waals surface area contributed by atoms with Gasteiger partial charge in [-0.15, -0.1) is 6.58 Å². The molecule has 0 radical (unpaired) electrons. The van der Waals surface area contributed by atoms with Crippen LogP contribution in [-0.2, 0) is 6.54 Å². The molecule has 1 aliphatic carbocycles. The van der Waals surface area contributed by atoms with Crippen LogP contribution < -0.4 is 0 Å². The van der Waals surface area contributed by atoms with Crippen molar-refractivity contribution in [3.05, 3.63) is 30.5 Å². The monoisotopic (exact) mass is 404 g/mol. The number of rotatable bonds is 9. The summed E-state index contributed by atoms with van der Waals surface area (Å²) in [4.78, 5) is 23.6. The Kier molecular flexibility index (Phi) is 8.27. The van der Waals surface area contributed by atoms with Gasteiger partial charge in [0, 0.05) is 45.8 Å². The highest BCUT2D eigenvalue weighted by Crippen LogP contribution is 2.23. The fraction of sp³-hybridized carbons (Fsp3) is 0.727. The van der Waals surface area contributed by atoms with E-state index in [0.717, 1.165) is 51.9 Å². The normalized spacial score (nSPS) is 20.5. The largest absolute Gasteiger partial charge is 0.447 e. The first kappa shape index (κ1) is 22.0. The van der Waals surface area contributed by atoms with E-state index >= 15 is 0 Å². The maximum atomic E-state index is 12.7. The van der Waals surface area contributed by atoms with Gasteiger partial charge in [-0.3, -0.25) is 14.6 Å². The van der Waals surface area contributed by atoms with Crippen molar-refractivity contribution >= 4 is 5.91 Å². The molecule has 1 aromatic heterocycles. The third kappa shape index (κ3) is 6.39. The van der Waals surface area contributed by atoms with Gasteiger partial charge in [0.15, 0.2) is 5.69 Å². The molecule has 2 aliphatic rings. The predicted octanol–water partition coefficient (Wildman–Crippen LogP) is 2.52. The molecule has 1 saturated carbocycles. The highest BCUT2D eigenvalue weighted by Gasteiger charge is 2.26. The minimum Gasteiger partial charge on any atom is -0.447 e. The molecule has 3 rings (SSSR count). The summed E-state index contributed by atoms with van der Waals surface area (Å²) >= 11 is 0. The van der Waals surface area contributed by atoms with Gasteiger partial charge in [0.05, 0.1) is 12.6 Å².